The molecule has 4 aliphatic rings. The van der Waals surface area contributed by atoms with E-state index in [4.69, 9.17) is 14.2 Å². The fraction of sp³-hybridized carbons (Fsp3) is 0.957. The van der Waals surface area contributed by atoms with E-state index in [0.717, 1.165) is 61.4 Å². The second kappa shape index (κ2) is 8.41. The van der Waals surface area contributed by atoms with Gasteiger partial charge in [-0.05, 0) is 80.0 Å². The Kier molecular flexibility index (Phi) is 6.13. The van der Waals surface area contributed by atoms with E-state index in [2.05, 4.69) is 13.8 Å². The first kappa shape index (κ1) is 19.7. The van der Waals surface area contributed by atoms with Crippen molar-refractivity contribution in [1.29, 1.82) is 0 Å². The molecule has 9 atom stereocenters. The molecule has 2 bridgehead atoms. The summed E-state index contributed by atoms with van der Waals surface area (Å²) in [6, 6.07) is 0. The van der Waals surface area contributed by atoms with Gasteiger partial charge in [-0.25, -0.2) is 0 Å². The van der Waals surface area contributed by atoms with Gasteiger partial charge < -0.3 is 14.2 Å². The highest BCUT2D eigenvalue weighted by Crippen LogP contribution is 2.66. The summed E-state index contributed by atoms with van der Waals surface area (Å²) in [5.74, 6) is 5.55. The monoisotopic (exact) mass is 378 g/mol. The zero-order valence-corrected chi connectivity index (χ0v) is 17.4. The van der Waals surface area contributed by atoms with Crippen LogP contribution in [0.25, 0.3) is 0 Å². The predicted molar refractivity (Wildman–Crippen MR) is 104 cm³/mol. The van der Waals surface area contributed by atoms with Crippen LogP contribution >= 0.6 is 0 Å². The maximum absolute atomic E-state index is 12.1. The predicted octanol–water partition coefficient (Wildman–Crippen LogP) is 4.81. The van der Waals surface area contributed by atoms with Crippen LogP contribution in [0.15, 0.2) is 0 Å². The van der Waals surface area contributed by atoms with Gasteiger partial charge in [-0.1, -0.05) is 26.7 Å². The van der Waals surface area contributed by atoms with Crippen molar-refractivity contribution >= 4 is 5.97 Å². The van der Waals surface area contributed by atoms with E-state index in [0.29, 0.717) is 12.3 Å². The third kappa shape index (κ3) is 3.69. The minimum absolute atomic E-state index is 0.0327. The molecule has 1 saturated heterocycles. The van der Waals surface area contributed by atoms with Crippen LogP contribution in [-0.2, 0) is 19.0 Å². The third-order valence-electron chi connectivity index (χ3n) is 8.46. The number of methoxy groups -OCH3 is 1. The van der Waals surface area contributed by atoms with Gasteiger partial charge in [-0.3, -0.25) is 4.79 Å². The van der Waals surface area contributed by atoms with Gasteiger partial charge in [0.05, 0.1) is 19.6 Å². The SMILES string of the molecule is CCC1CC(CC)C2C3CC(CC3C(CC(=O)OC)OC3CCCCO3)C12. The minimum Gasteiger partial charge on any atom is -0.469 e. The standard InChI is InChI=1S/C23H38O4/c1-4-14-10-15(5-2)23-18-12-16(22(14)23)11-17(18)19(13-20(24)25-3)27-21-8-6-7-9-26-21/h14-19,21-23H,4-13H2,1-3H3. The van der Waals surface area contributed by atoms with Gasteiger partial charge in [0, 0.05) is 6.61 Å². The molecule has 0 radical (unpaired) electrons. The van der Waals surface area contributed by atoms with Crippen molar-refractivity contribution in [3.05, 3.63) is 0 Å². The smallest absolute Gasteiger partial charge is 0.308 e. The van der Waals surface area contributed by atoms with Crippen molar-refractivity contribution in [2.24, 2.45) is 41.4 Å². The number of fused-ring (bicyclic) bond motifs is 5. The first-order valence-corrected chi connectivity index (χ1v) is 11.5. The van der Waals surface area contributed by atoms with Gasteiger partial charge in [0.15, 0.2) is 6.29 Å². The lowest BCUT2D eigenvalue weighted by molar-refractivity contribution is -0.208. The highest BCUT2D eigenvalue weighted by atomic mass is 16.7. The van der Waals surface area contributed by atoms with Crippen LogP contribution in [0.5, 0.6) is 0 Å². The lowest BCUT2D eigenvalue weighted by Crippen LogP contribution is -2.40. The molecule has 0 aromatic rings. The highest BCUT2D eigenvalue weighted by molar-refractivity contribution is 5.69. The van der Waals surface area contributed by atoms with Crippen molar-refractivity contribution in [3.63, 3.8) is 0 Å². The van der Waals surface area contributed by atoms with Gasteiger partial charge in [0.2, 0.25) is 0 Å². The first-order chi connectivity index (χ1) is 13.2. The number of esters is 1. The number of carbonyl (C=O) groups excluding carboxylic acids is 1. The molecule has 3 saturated carbocycles. The topological polar surface area (TPSA) is 44.8 Å². The Labute approximate surface area is 164 Å². The molecule has 27 heavy (non-hydrogen) atoms. The Balaban J connectivity index is 1.50. The Bertz CT molecular complexity index is 515. The van der Waals surface area contributed by atoms with Crippen molar-refractivity contribution in [1.82, 2.24) is 0 Å². The average molecular weight is 379 g/mol. The van der Waals surface area contributed by atoms with Crippen molar-refractivity contribution in [2.75, 3.05) is 13.7 Å². The molecule has 1 aliphatic heterocycles. The molecule has 0 spiro atoms. The first-order valence-electron chi connectivity index (χ1n) is 11.5. The third-order valence-corrected chi connectivity index (χ3v) is 8.46. The van der Waals surface area contributed by atoms with Gasteiger partial charge in [-0.15, -0.1) is 0 Å². The molecule has 0 amide bonds. The summed E-state index contributed by atoms with van der Waals surface area (Å²) in [4.78, 5) is 12.1. The molecule has 3 aliphatic carbocycles. The Morgan fingerprint density at radius 1 is 1.07 bits per heavy atom. The average Bonchev–Trinajstić information content (AvgIpc) is 3.38. The van der Waals surface area contributed by atoms with Crippen LogP contribution in [0.4, 0.5) is 0 Å². The second-order valence-electron chi connectivity index (χ2n) is 9.54. The Hall–Kier alpha value is -0.610. The molecule has 1 heterocycles. The van der Waals surface area contributed by atoms with E-state index in [9.17, 15) is 4.79 Å². The van der Waals surface area contributed by atoms with Gasteiger partial charge in [-0.2, -0.15) is 0 Å². The van der Waals surface area contributed by atoms with E-state index < -0.39 is 0 Å². The molecule has 4 rings (SSSR count). The van der Waals surface area contributed by atoms with Gasteiger partial charge >= 0.3 is 5.97 Å². The quantitative estimate of drug-likeness (QED) is 0.597. The van der Waals surface area contributed by atoms with E-state index in [1.807, 2.05) is 0 Å². The largest absolute Gasteiger partial charge is 0.469 e. The summed E-state index contributed by atoms with van der Waals surface area (Å²) >= 11 is 0. The molecule has 0 aromatic heterocycles. The van der Waals surface area contributed by atoms with Crippen LogP contribution in [0.2, 0.25) is 0 Å². The molecule has 4 nitrogen and oxygen atoms in total. The maximum Gasteiger partial charge on any atom is 0.308 e. The number of carbonyl (C=O) groups is 1. The molecule has 4 heteroatoms. The molecular weight excluding hydrogens is 340 g/mol. The summed E-state index contributed by atoms with van der Waals surface area (Å²) in [5.41, 5.74) is 0. The highest BCUT2D eigenvalue weighted by Gasteiger charge is 2.60. The van der Waals surface area contributed by atoms with Crippen LogP contribution < -0.4 is 0 Å². The molecule has 9 unspecified atom stereocenters. The summed E-state index contributed by atoms with van der Waals surface area (Å²) in [5, 5.41) is 0. The minimum atomic E-state index is -0.139. The van der Waals surface area contributed by atoms with Crippen LogP contribution in [0.1, 0.15) is 71.6 Å². The fourth-order valence-corrected chi connectivity index (χ4v) is 7.43. The normalized spacial score (nSPS) is 44.3. The Morgan fingerprint density at radius 2 is 1.85 bits per heavy atom. The van der Waals surface area contributed by atoms with E-state index in [1.165, 1.54) is 39.2 Å². The number of hydrogen-bond acceptors (Lipinski definition) is 4. The number of hydrogen-bond donors (Lipinski definition) is 0. The lowest BCUT2D eigenvalue weighted by Gasteiger charge is -2.40. The summed E-state index contributed by atoms with van der Waals surface area (Å²) in [7, 11) is 1.49. The summed E-state index contributed by atoms with van der Waals surface area (Å²) in [6.45, 7) is 5.54. The molecule has 0 aromatic carbocycles. The van der Waals surface area contributed by atoms with Crippen molar-refractivity contribution < 1.29 is 19.0 Å². The number of ether oxygens (including phenoxy) is 3. The van der Waals surface area contributed by atoms with Gasteiger partial charge in [0.1, 0.15) is 0 Å². The summed E-state index contributed by atoms with van der Waals surface area (Å²) in [6.07, 6.45) is 10.1. The van der Waals surface area contributed by atoms with E-state index in [1.54, 1.807) is 0 Å². The zero-order valence-electron chi connectivity index (χ0n) is 17.4. The zero-order chi connectivity index (χ0) is 19.0. The molecule has 154 valence electrons. The number of rotatable bonds is 7. The van der Waals surface area contributed by atoms with Crippen molar-refractivity contribution in [2.45, 2.75) is 84.0 Å². The van der Waals surface area contributed by atoms with Crippen LogP contribution in [0, 0.1) is 41.4 Å². The second-order valence-corrected chi connectivity index (χ2v) is 9.54. The van der Waals surface area contributed by atoms with Crippen LogP contribution in [-0.4, -0.2) is 32.1 Å². The van der Waals surface area contributed by atoms with Crippen LogP contribution in [0.3, 0.4) is 0 Å². The Morgan fingerprint density at radius 3 is 2.52 bits per heavy atom. The van der Waals surface area contributed by atoms with Crippen molar-refractivity contribution in [3.8, 4) is 0 Å². The molecule has 4 fully saturated rings. The lowest BCUT2D eigenvalue weighted by atomic mass is 9.69. The van der Waals surface area contributed by atoms with E-state index >= 15 is 0 Å². The summed E-state index contributed by atoms with van der Waals surface area (Å²) < 4.78 is 17.3. The molecule has 0 N–H and O–H groups in total. The van der Waals surface area contributed by atoms with E-state index in [-0.39, 0.29) is 18.4 Å². The maximum atomic E-state index is 12.1. The molecular formula is C23H38O4. The van der Waals surface area contributed by atoms with Gasteiger partial charge in [0.25, 0.3) is 0 Å². The fourth-order valence-electron chi connectivity index (χ4n) is 7.43.